The van der Waals surface area contributed by atoms with Crippen LogP contribution < -0.4 is 0 Å². The zero-order chi connectivity index (χ0) is 20.6. The summed E-state index contributed by atoms with van der Waals surface area (Å²) >= 11 is 3.83. The van der Waals surface area contributed by atoms with Crippen LogP contribution in [0.2, 0.25) is 0 Å². The van der Waals surface area contributed by atoms with Crippen LogP contribution in [-0.2, 0) is 9.57 Å². The Morgan fingerprint density at radius 3 is 2.36 bits per heavy atom. The number of halogens is 2. The molecule has 0 bridgehead atoms. The van der Waals surface area contributed by atoms with Gasteiger partial charge in [-0.25, -0.2) is 9.59 Å². The van der Waals surface area contributed by atoms with Crippen LogP contribution >= 0.6 is 45.2 Å². The molecule has 6 nitrogen and oxygen atoms in total. The highest BCUT2D eigenvalue weighted by atomic mass is 127. The van der Waals surface area contributed by atoms with Gasteiger partial charge in [-0.3, -0.25) is 4.90 Å². The van der Waals surface area contributed by atoms with E-state index in [1.165, 1.54) is 0 Å². The molecule has 1 fully saturated rings. The van der Waals surface area contributed by atoms with Gasteiger partial charge in [0.1, 0.15) is 0 Å². The molecule has 1 aliphatic carbocycles. The third-order valence-corrected chi connectivity index (χ3v) is 5.24. The Kier molecular flexibility index (Phi) is 14.4. The van der Waals surface area contributed by atoms with Gasteiger partial charge in [-0.2, -0.15) is 0 Å². The van der Waals surface area contributed by atoms with Crippen molar-refractivity contribution in [3.8, 4) is 19.7 Å². The molecule has 0 unspecified atom stereocenters. The molecule has 8 heteroatoms. The van der Waals surface area contributed by atoms with Crippen LogP contribution in [0.1, 0.15) is 64.7 Å². The Labute approximate surface area is 195 Å². The largest absolute Gasteiger partial charge is 0.444 e. The molecule has 1 saturated carbocycles. The fraction of sp³-hybridized carbons (Fsp3) is 0.700. The highest BCUT2D eigenvalue weighted by Gasteiger charge is 2.32. The lowest BCUT2D eigenvalue weighted by Gasteiger charge is -2.32. The van der Waals surface area contributed by atoms with E-state index in [2.05, 4.69) is 26.6 Å². The van der Waals surface area contributed by atoms with Crippen molar-refractivity contribution in [2.45, 2.75) is 70.8 Å². The Hall–Kier alpha value is -0.880. The van der Waals surface area contributed by atoms with E-state index in [1.807, 2.05) is 45.2 Å². The molecule has 0 N–H and O–H groups in total. The van der Waals surface area contributed by atoms with E-state index in [1.54, 1.807) is 4.90 Å². The molecular formula is C20H28I2N2O4. The Morgan fingerprint density at radius 2 is 1.71 bits per heavy atom. The molecule has 0 aromatic heterocycles. The Morgan fingerprint density at radius 1 is 1.00 bits per heavy atom. The molecule has 0 radical (unpaired) electrons. The van der Waals surface area contributed by atoms with Crippen molar-refractivity contribution >= 4 is 57.4 Å². The van der Waals surface area contributed by atoms with Gasteiger partial charge in [0.25, 0.3) is 0 Å². The van der Waals surface area contributed by atoms with Crippen molar-refractivity contribution in [1.29, 1.82) is 0 Å². The molecular weight excluding hydrogens is 586 g/mol. The van der Waals surface area contributed by atoms with E-state index in [4.69, 9.17) is 9.57 Å². The summed E-state index contributed by atoms with van der Waals surface area (Å²) in [5.41, 5.74) is 0. The lowest BCUT2D eigenvalue weighted by atomic mass is 9.95. The van der Waals surface area contributed by atoms with Gasteiger partial charge in [-0.1, -0.05) is 57.3 Å². The maximum atomic E-state index is 12.8. The minimum absolute atomic E-state index is 0.0242. The summed E-state index contributed by atoms with van der Waals surface area (Å²) in [5, 5.41) is 1.12. The van der Waals surface area contributed by atoms with Crippen LogP contribution in [0.4, 0.5) is 9.59 Å². The Bertz CT molecular complexity index is 601. The van der Waals surface area contributed by atoms with Crippen molar-refractivity contribution < 1.29 is 19.2 Å². The second-order valence-corrected chi connectivity index (χ2v) is 7.63. The number of carbonyl (C=O) groups is 2. The minimum Gasteiger partial charge on any atom is -0.434 e. The quantitative estimate of drug-likeness (QED) is 0.157. The topological polar surface area (TPSA) is 59.1 Å². The van der Waals surface area contributed by atoms with Crippen LogP contribution in [0, 0.1) is 19.7 Å². The second-order valence-electron chi connectivity index (χ2n) is 6.55. The van der Waals surface area contributed by atoms with E-state index in [-0.39, 0.29) is 19.2 Å². The molecule has 0 atom stereocenters. The van der Waals surface area contributed by atoms with Crippen LogP contribution in [0.5, 0.6) is 0 Å². The lowest BCUT2D eigenvalue weighted by Crippen LogP contribution is -2.46. The normalized spacial score (nSPS) is 13.4. The highest BCUT2D eigenvalue weighted by Crippen LogP contribution is 2.24. The molecule has 0 aromatic carbocycles. The first-order valence-corrected chi connectivity index (χ1v) is 11.9. The number of amides is 2. The van der Waals surface area contributed by atoms with Crippen molar-refractivity contribution in [3.05, 3.63) is 0 Å². The first-order chi connectivity index (χ1) is 13.6. The average molecular weight is 614 g/mol. The summed E-state index contributed by atoms with van der Waals surface area (Å²) in [4.78, 5) is 32.3. The van der Waals surface area contributed by atoms with E-state index in [0.717, 1.165) is 62.9 Å². The number of rotatable bonds is 8. The first-order valence-electron chi connectivity index (χ1n) is 9.73. The number of unbranched alkanes of at least 4 members (excludes halogenated alkanes) is 3. The van der Waals surface area contributed by atoms with Crippen molar-refractivity contribution in [3.63, 3.8) is 0 Å². The summed E-state index contributed by atoms with van der Waals surface area (Å²) in [6.45, 7) is 2.95. The molecule has 0 aromatic rings. The first kappa shape index (κ1) is 25.2. The van der Waals surface area contributed by atoms with Gasteiger partial charge in [0, 0.05) is 51.7 Å². The van der Waals surface area contributed by atoms with Gasteiger partial charge >= 0.3 is 12.2 Å². The van der Waals surface area contributed by atoms with Crippen molar-refractivity contribution in [2.24, 2.45) is 0 Å². The summed E-state index contributed by atoms with van der Waals surface area (Å²) < 4.78 is 10.6. The van der Waals surface area contributed by atoms with Gasteiger partial charge in [-0.15, -0.1) is 5.06 Å². The fourth-order valence-corrected chi connectivity index (χ4v) is 3.32. The predicted octanol–water partition coefficient (Wildman–Crippen LogP) is 5.48. The molecule has 0 saturated heterocycles. The van der Waals surface area contributed by atoms with Crippen LogP contribution in [0.15, 0.2) is 0 Å². The SMILES string of the molecule is CCCCCCN(CC#CI)C(=O)ON(C(=O)OCC#CI)C1CCCCC1. The molecule has 1 rings (SSSR count). The zero-order valence-corrected chi connectivity index (χ0v) is 20.7. The van der Waals surface area contributed by atoms with Crippen molar-refractivity contribution in [2.75, 3.05) is 19.7 Å². The monoisotopic (exact) mass is 614 g/mol. The molecule has 156 valence electrons. The van der Waals surface area contributed by atoms with E-state index >= 15 is 0 Å². The van der Waals surface area contributed by atoms with Gasteiger partial charge < -0.3 is 9.57 Å². The highest BCUT2D eigenvalue weighted by molar-refractivity contribution is 14.1. The Balaban J connectivity index is 2.78. The van der Waals surface area contributed by atoms with Gasteiger partial charge in [-0.05, 0) is 27.1 Å². The van der Waals surface area contributed by atoms with Crippen LogP contribution in [0.3, 0.4) is 0 Å². The molecule has 2 amide bonds. The number of hydrogen-bond donors (Lipinski definition) is 0. The molecule has 0 heterocycles. The number of hydroxylamine groups is 2. The number of hydrogen-bond acceptors (Lipinski definition) is 4. The fourth-order valence-electron chi connectivity index (χ4n) is 3.00. The van der Waals surface area contributed by atoms with E-state index in [0.29, 0.717) is 6.54 Å². The second kappa shape index (κ2) is 16.0. The summed E-state index contributed by atoms with van der Waals surface area (Å²) in [5.74, 6) is 5.58. The maximum Gasteiger partial charge on any atom is 0.444 e. The average Bonchev–Trinajstić information content (AvgIpc) is 2.72. The van der Waals surface area contributed by atoms with Crippen LogP contribution in [0.25, 0.3) is 0 Å². The maximum absolute atomic E-state index is 12.8. The van der Waals surface area contributed by atoms with Gasteiger partial charge in [0.15, 0.2) is 6.61 Å². The number of nitrogens with zero attached hydrogens (tertiary/aromatic N) is 2. The zero-order valence-electron chi connectivity index (χ0n) is 16.3. The smallest absolute Gasteiger partial charge is 0.434 e. The summed E-state index contributed by atoms with van der Waals surface area (Å²) in [6.07, 6.45) is 7.67. The third-order valence-electron chi connectivity index (χ3n) is 4.47. The van der Waals surface area contributed by atoms with Crippen molar-refractivity contribution in [1.82, 2.24) is 9.96 Å². The standard InChI is InChI=1S/C20H28I2N2O4/c1-2-3-4-8-15-23(16-9-13-21)19(25)28-24(18-11-6-5-7-12-18)20(26)27-17-10-14-22/h18H,2-8,11-12,15-17H2,1H3. The number of carbonyl (C=O) groups excluding carboxylic acids is 2. The van der Waals surface area contributed by atoms with E-state index in [9.17, 15) is 9.59 Å². The number of ether oxygens (including phenoxy) is 1. The molecule has 1 aliphatic rings. The van der Waals surface area contributed by atoms with Crippen LogP contribution in [-0.4, -0.2) is 47.9 Å². The van der Waals surface area contributed by atoms with Gasteiger partial charge in [0.2, 0.25) is 0 Å². The lowest BCUT2D eigenvalue weighted by molar-refractivity contribution is -0.125. The minimum atomic E-state index is -0.662. The third kappa shape index (κ3) is 10.1. The van der Waals surface area contributed by atoms with Gasteiger partial charge in [0.05, 0.1) is 12.6 Å². The molecule has 28 heavy (non-hydrogen) atoms. The van der Waals surface area contributed by atoms with E-state index < -0.39 is 12.2 Å². The summed E-state index contributed by atoms with van der Waals surface area (Å²) in [7, 11) is 0. The predicted molar refractivity (Wildman–Crippen MR) is 126 cm³/mol. The molecule has 0 aliphatic heterocycles. The summed E-state index contributed by atoms with van der Waals surface area (Å²) in [6, 6.07) is -0.157. The molecule has 0 spiro atoms.